The Morgan fingerprint density at radius 1 is 1.24 bits per heavy atom. The van der Waals surface area contributed by atoms with E-state index in [0.717, 1.165) is 23.3 Å². The molecule has 1 unspecified atom stereocenters. The van der Waals surface area contributed by atoms with E-state index in [1.54, 1.807) is 0 Å². The number of nitrogens with one attached hydrogen (secondary N) is 1. The van der Waals surface area contributed by atoms with Crippen molar-refractivity contribution in [3.63, 3.8) is 0 Å². The minimum Gasteiger partial charge on any atom is -0.493 e. The first-order valence-electron chi connectivity index (χ1n) is 6.93. The summed E-state index contributed by atoms with van der Waals surface area (Å²) in [5, 5.41) is 3.00. The van der Waals surface area contributed by atoms with Gasteiger partial charge in [0.2, 0.25) is 0 Å². The second-order valence-corrected chi connectivity index (χ2v) is 5.21. The van der Waals surface area contributed by atoms with Gasteiger partial charge in [0.05, 0.1) is 12.6 Å². The predicted octanol–water partition coefficient (Wildman–Crippen LogP) is 3.39. The van der Waals surface area contributed by atoms with Crippen LogP contribution in [0, 0.1) is 12.7 Å². The predicted molar refractivity (Wildman–Crippen MR) is 77.9 cm³/mol. The zero-order valence-electron chi connectivity index (χ0n) is 11.7. The highest BCUT2D eigenvalue weighted by molar-refractivity contribution is 5.94. The second kappa shape index (κ2) is 5.56. The van der Waals surface area contributed by atoms with Gasteiger partial charge in [0.1, 0.15) is 11.6 Å². The summed E-state index contributed by atoms with van der Waals surface area (Å²) in [6, 6.07) is 11.4. The van der Waals surface area contributed by atoms with Gasteiger partial charge in [0, 0.05) is 17.5 Å². The van der Waals surface area contributed by atoms with E-state index in [1.165, 1.54) is 24.3 Å². The van der Waals surface area contributed by atoms with Gasteiger partial charge in [-0.1, -0.05) is 17.7 Å². The number of ether oxygens (including phenoxy) is 1. The molecule has 0 bridgehead atoms. The van der Waals surface area contributed by atoms with Crippen molar-refractivity contribution >= 4 is 5.91 Å². The number of amides is 1. The third-order valence-corrected chi connectivity index (χ3v) is 3.62. The van der Waals surface area contributed by atoms with Crippen LogP contribution in [0.25, 0.3) is 0 Å². The lowest BCUT2D eigenvalue weighted by atomic mass is 9.98. The fraction of sp³-hybridized carbons (Fsp3) is 0.235. The molecule has 0 fully saturated rings. The summed E-state index contributed by atoms with van der Waals surface area (Å²) in [5.41, 5.74) is 2.58. The van der Waals surface area contributed by atoms with E-state index in [2.05, 4.69) is 5.32 Å². The van der Waals surface area contributed by atoms with Crippen LogP contribution in [0.1, 0.15) is 33.9 Å². The lowest BCUT2D eigenvalue weighted by Gasteiger charge is -2.27. The first kappa shape index (κ1) is 13.6. The number of carbonyl (C=O) groups excluding carboxylic acids is 1. The second-order valence-electron chi connectivity index (χ2n) is 5.21. The van der Waals surface area contributed by atoms with Crippen molar-refractivity contribution in [1.29, 1.82) is 0 Å². The van der Waals surface area contributed by atoms with Gasteiger partial charge >= 0.3 is 0 Å². The van der Waals surface area contributed by atoms with Crippen molar-refractivity contribution in [2.45, 2.75) is 19.4 Å². The molecule has 1 heterocycles. The third-order valence-electron chi connectivity index (χ3n) is 3.62. The van der Waals surface area contributed by atoms with Crippen LogP contribution in [0.15, 0.2) is 42.5 Å². The lowest BCUT2D eigenvalue weighted by molar-refractivity contribution is 0.0924. The average Bonchev–Trinajstić information content (AvgIpc) is 2.48. The fourth-order valence-corrected chi connectivity index (χ4v) is 2.51. The molecule has 21 heavy (non-hydrogen) atoms. The van der Waals surface area contributed by atoms with Crippen molar-refractivity contribution in [2.75, 3.05) is 6.61 Å². The molecule has 2 aromatic rings. The number of fused-ring (bicyclic) bond motifs is 1. The van der Waals surface area contributed by atoms with Gasteiger partial charge in [-0.2, -0.15) is 0 Å². The molecule has 0 aromatic heterocycles. The highest BCUT2D eigenvalue weighted by Crippen LogP contribution is 2.32. The van der Waals surface area contributed by atoms with Crippen LogP contribution >= 0.6 is 0 Å². The van der Waals surface area contributed by atoms with Crippen molar-refractivity contribution in [2.24, 2.45) is 0 Å². The Morgan fingerprint density at radius 2 is 2.00 bits per heavy atom. The highest BCUT2D eigenvalue weighted by atomic mass is 19.1. The Hall–Kier alpha value is -2.36. The molecule has 0 radical (unpaired) electrons. The van der Waals surface area contributed by atoms with E-state index in [4.69, 9.17) is 4.74 Å². The Kier molecular flexibility index (Phi) is 3.60. The molecular formula is C17H16FNO2. The molecule has 1 aliphatic heterocycles. The van der Waals surface area contributed by atoms with Crippen LogP contribution in [0.2, 0.25) is 0 Å². The summed E-state index contributed by atoms with van der Waals surface area (Å²) in [5.74, 6) is 0.268. The molecule has 108 valence electrons. The molecule has 3 nitrogen and oxygen atoms in total. The molecule has 0 saturated heterocycles. The first-order chi connectivity index (χ1) is 10.1. The van der Waals surface area contributed by atoms with Gasteiger partial charge in [-0.15, -0.1) is 0 Å². The summed E-state index contributed by atoms with van der Waals surface area (Å²) in [6.07, 6.45) is 0.726. The van der Waals surface area contributed by atoms with Gasteiger partial charge in [0.15, 0.2) is 0 Å². The molecule has 1 atom stereocenters. The Balaban J connectivity index is 1.81. The lowest BCUT2D eigenvalue weighted by Crippen LogP contribution is -2.32. The van der Waals surface area contributed by atoms with E-state index in [1.807, 2.05) is 25.1 Å². The smallest absolute Gasteiger partial charge is 0.251 e. The maximum atomic E-state index is 12.9. The van der Waals surface area contributed by atoms with E-state index >= 15 is 0 Å². The van der Waals surface area contributed by atoms with Crippen LogP contribution in [-0.4, -0.2) is 12.5 Å². The largest absolute Gasteiger partial charge is 0.493 e. The van der Waals surface area contributed by atoms with Crippen molar-refractivity contribution in [3.05, 3.63) is 65.0 Å². The quantitative estimate of drug-likeness (QED) is 0.918. The number of rotatable bonds is 2. The molecule has 3 rings (SSSR count). The zero-order valence-corrected chi connectivity index (χ0v) is 11.7. The van der Waals surface area contributed by atoms with Crippen LogP contribution in [0.5, 0.6) is 5.75 Å². The maximum Gasteiger partial charge on any atom is 0.251 e. The summed E-state index contributed by atoms with van der Waals surface area (Å²) in [6.45, 7) is 2.58. The van der Waals surface area contributed by atoms with Crippen molar-refractivity contribution in [3.8, 4) is 5.75 Å². The molecule has 1 amide bonds. The zero-order chi connectivity index (χ0) is 14.8. The van der Waals surface area contributed by atoms with Gasteiger partial charge in [0.25, 0.3) is 5.91 Å². The van der Waals surface area contributed by atoms with E-state index < -0.39 is 0 Å². The van der Waals surface area contributed by atoms with E-state index in [-0.39, 0.29) is 17.8 Å². The fourth-order valence-electron chi connectivity index (χ4n) is 2.51. The summed E-state index contributed by atoms with van der Waals surface area (Å²) in [7, 11) is 0. The summed E-state index contributed by atoms with van der Waals surface area (Å²) >= 11 is 0. The normalized spacial score (nSPS) is 16.8. The van der Waals surface area contributed by atoms with Gasteiger partial charge in [-0.05, 0) is 37.3 Å². The van der Waals surface area contributed by atoms with E-state index in [9.17, 15) is 9.18 Å². The summed E-state index contributed by atoms with van der Waals surface area (Å²) < 4.78 is 18.5. The van der Waals surface area contributed by atoms with Gasteiger partial charge < -0.3 is 10.1 Å². The molecule has 1 N–H and O–H groups in total. The number of halogens is 1. The standard InChI is InChI=1S/C17H16FNO2/c1-11-2-7-16-14(10-11)15(8-9-21-16)19-17(20)12-3-5-13(18)6-4-12/h2-7,10,15H,8-9H2,1H3,(H,19,20). The highest BCUT2D eigenvalue weighted by Gasteiger charge is 2.23. The maximum absolute atomic E-state index is 12.9. The minimum absolute atomic E-state index is 0.0776. The molecule has 0 spiro atoms. The van der Waals surface area contributed by atoms with Crippen LogP contribution in [0.3, 0.4) is 0 Å². The van der Waals surface area contributed by atoms with Crippen molar-refractivity contribution < 1.29 is 13.9 Å². The molecule has 4 heteroatoms. The van der Waals surface area contributed by atoms with Gasteiger partial charge in [-0.3, -0.25) is 4.79 Å². The van der Waals surface area contributed by atoms with Crippen molar-refractivity contribution in [1.82, 2.24) is 5.32 Å². The van der Waals surface area contributed by atoms with Crippen LogP contribution in [-0.2, 0) is 0 Å². The molecule has 2 aromatic carbocycles. The Labute approximate surface area is 122 Å². The summed E-state index contributed by atoms with van der Waals surface area (Å²) in [4.78, 5) is 12.2. The van der Waals surface area contributed by atoms with Gasteiger partial charge in [-0.25, -0.2) is 4.39 Å². The number of carbonyl (C=O) groups is 1. The van der Waals surface area contributed by atoms with Crippen LogP contribution in [0.4, 0.5) is 4.39 Å². The Bertz CT molecular complexity index is 667. The third kappa shape index (κ3) is 2.89. The first-order valence-corrected chi connectivity index (χ1v) is 6.93. The van der Waals surface area contributed by atoms with Crippen LogP contribution < -0.4 is 10.1 Å². The average molecular weight is 285 g/mol. The molecule has 0 aliphatic carbocycles. The number of benzene rings is 2. The molecule has 0 saturated carbocycles. The van der Waals surface area contributed by atoms with E-state index in [0.29, 0.717) is 12.2 Å². The number of hydrogen-bond acceptors (Lipinski definition) is 2. The molecular weight excluding hydrogens is 269 g/mol. The number of aryl methyl sites for hydroxylation is 1. The topological polar surface area (TPSA) is 38.3 Å². The Morgan fingerprint density at radius 3 is 2.76 bits per heavy atom. The molecule has 1 aliphatic rings. The monoisotopic (exact) mass is 285 g/mol. The minimum atomic E-state index is -0.349. The SMILES string of the molecule is Cc1ccc2c(c1)C(NC(=O)c1ccc(F)cc1)CCO2. The number of hydrogen-bond donors (Lipinski definition) is 1.